The van der Waals surface area contributed by atoms with Crippen molar-refractivity contribution in [2.75, 3.05) is 26.2 Å². The highest BCUT2D eigenvalue weighted by atomic mass is 16.4. The van der Waals surface area contributed by atoms with E-state index >= 15 is 0 Å². The van der Waals surface area contributed by atoms with E-state index in [1.807, 2.05) is 0 Å². The van der Waals surface area contributed by atoms with E-state index < -0.39 is 297 Å². The Kier molecular flexibility index (Phi) is 49.9. The number of nitrogens with two attached hydrogens (primary N) is 7. The fraction of sp³-hybridized carbons (Fsp3) is 0.631. The van der Waals surface area contributed by atoms with E-state index in [-0.39, 0.29) is 101 Å². The average molecular weight is 1910 g/mol. The molecule has 1 aliphatic rings. The van der Waals surface area contributed by atoms with Crippen molar-refractivity contribution in [2.24, 2.45) is 57.9 Å². The number of H-pyrrole nitrogens is 1. The van der Waals surface area contributed by atoms with E-state index in [0.717, 1.165) is 4.90 Å². The molecule has 1 saturated heterocycles. The molecule has 2 aromatic rings. The Bertz CT molecular complexity index is 4420. The number of rotatable bonds is 62. The number of likely N-dealkylation sites (tertiary alicyclic amines) is 1. The van der Waals surface area contributed by atoms with Crippen LogP contribution in [0.1, 0.15) is 190 Å². The molecule has 0 spiro atoms. The number of carboxylic acid groups (broad SMARTS) is 1. The number of aromatic hydroxyl groups is 1. The third-order valence-corrected chi connectivity index (χ3v) is 21.3. The lowest BCUT2D eigenvalue weighted by Gasteiger charge is -2.29. The van der Waals surface area contributed by atoms with Gasteiger partial charge in [-0.25, -0.2) is 9.78 Å². The second-order valence-electron chi connectivity index (χ2n) is 34.3. The number of aromatic nitrogens is 2. The number of unbranched alkanes of at least 4 members (excludes halogenated alkanes) is 1. The number of aliphatic carboxylic acids is 1. The molecule has 1 fully saturated rings. The standard InChI is InChI=1S/C84H137N27O24/c1-40(2)33-56(106-69(120)44(8)97-72(123)53(23-27-62(87)115)100-65(118)38-95-71(122)52(22-26-61(86)114)102-75(126)55(25-29-64(89)117)104-80(131)60-17-14-32-111(60)82(133)66(90)46(10)112)77(128)98-43(7)68(119)101-50(15-11-12-30-85)73(124)103-54(24-28-63(88)116)76(127)108-58(36-48-37-93-39-96-48)78(129)99-45(9)70(121)110-67(42(5)6)81(132)105-51(16-13-31-94-84(91)92)74(125)107-57(35-47-18-20-49(113)21-19-47)79(130)109-59(83(134)135)34-41(3)4/h18-21,37,39-46,50-60,66-67,112-113H,11-17,22-36,38,85,90H2,1-10H3,(H2,86,114)(H2,87,115)(H2,88,116)(H2,89,117)(H,93,96)(H,95,122)(H,97,123)(H,98,128)(H,99,129)(H,100,118)(H,101,119)(H,102,126)(H,103,124)(H,104,131)(H,105,132)(H,106,120)(H,107,125)(H,108,127)(H,109,130)(H,110,121)(H,134,135)(H4,91,92,94)/t43-,44-,45-,46+,50-,51-,52-,53-,54-,55-,56-,57-,58-,59-,60-,66-,67-/m0/s1. The van der Waals surface area contributed by atoms with Gasteiger partial charge in [0.1, 0.15) is 102 Å². The molecule has 35 N–H and O–H groups in total. The number of aliphatic hydroxyl groups is 1. The first-order chi connectivity index (χ1) is 63.3. The van der Waals surface area contributed by atoms with E-state index in [4.69, 9.17) is 45.5 Å². The first-order valence-electron chi connectivity index (χ1n) is 44.5. The fourth-order valence-electron chi connectivity index (χ4n) is 13.8. The van der Waals surface area contributed by atoms with Gasteiger partial charge in [-0.3, -0.25) is 101 Å². The van der Waals surface area contributed by atoms with E-state index in [9.17, 15) is 116 Å². The zero-order chi connectivity index (χ0) is 102. The van der Waals surface area contributed by atoms with Crippen LogP contribution in [0.15, 0.2) is 36.8 Å². The molecule has 135 heavy (non-hydrogen) atoms. The topological polar surface area (TPSA) is 850 Å². The zero-order valence-corrected chi connectivity index (χ0v) is 77.6. The molecule has 0 radical (unpaired) electrons. The van der Waals surface area contributed by atoms with Crippen LogP contribution in [0.25, 0.3) is 0 Å². The number of hydrogen-bond acceptors (Lipinski definition) is 27. The molecule has 0 aliphatic carbocycles. The summed E-state index contributed by atoms with van der Waals surface area (Å²) in [7, 11) is 0. The number of phenols is 1. The van der Waals surface area contributed by atoms with Crippen LogP contribution in [0.4, 0.5) is 0 Å². The van der Waals surface area contributed by atoms with Crippen LogP contribution in [0, 0.1) is 23.2 Å². The normalized spacial score (nSPS) is 15.9. The summed E-state index contributed by atoms with van der Waals surface area (Å²) < 4.78 is 0. The minimum Gasteiger partial charge on any atom is -0.508 e. The Balaban J connectivity index is 1.82. The van der Waals surface area contributed by atoms with Crippen molar-refractivity contribution in [1.82, 2.24) is 99.9 Å². The third kappa shape index (κ3) is 42.8. The maximum atomic E-state index is 14.6. The number of imidazole rings is 1. The molecular formula is C84H137N27O24. The molecule has 1 aromatic heterocycles. The maximum Gasteiger partial charge on any atom is 0.326 e. The van der Waals surface area contributed by atoms with Gasteiger partial charge in [0, 0.05) is 63.5 Å². The SMILES string of the molecule is CC(C)C[C@H](NC(=O)[C@H](Cc1ccc(O)cc1)NC(=O)[C@H](CCCNC(=N)N)NC(=O)[C@@H](NC(=O)[C@H](C)NC(=O)[C@H](Cc1cnc[nH]1)NC(=O)[C@H](CCC(N)=O)NC(=O)[C@H](CCCCN)NC(=O)[C@H](C)NC(=O)[C@H](CC(C)C)NC(=O)[C@H](C)NC(=O)[C@H](CCC(N)=O)NC(=O)CNC(=O)[C@H](CCC(N)=O)NC(=O)[C@H](CCC(N)=O)NC(=O)[C@@H]1CCCN1C(=O)[C@@H](N)[C@@H](C)O)C(C)C)C(=O)O. The molecule has 17 atom stereocenters. The Hall–Kier alpha value is -13.7. The number of amides is 20. The lowest BCUT2D eigenvalue weighted by atomic mass is 10.00. The third-order valence-electron chi connectivity index (χ3n) is 21.3. The van der Waals surface area contributed by atoms with Gasteiger partial charge in [-0.1, -0.05) is 53.7 Å². The summed E-state index contributed by atoms with van der Waals surface area (Å²) in [5.74, 6) is -22.6. The quantitative estimate of drug-likeness (QED) is 0.0166. The number of phenolic OH excluding ortho intramolecular Hbond substituents is 1. The highest BCUT2D eigenvalue weighted by molar-refractivity contribution is 6.01. The van der Waals surface area contributed by atoms with Crippen molar-refractivity contribution in [3.05, 3.63) is 48.0 Å². The van der Waals surface area contributed by atoms with E-state index in [1.165, 1.54) is 64.5 Å². The molecule has 51 heteroatoms. The van der Waals surface area contributed by atoms with Crippen molar-refractivity contribution in [3.63, 3.8) is 0 Å². The fourth-order valence-corrected chi connectivity index (χ4v) is 13.8. The smallest absolute Gasteiger partial charge is 0.326 e. The molecule has 1 aromatic carbocycles. The summed E-state index contributed by atoms with van der Waals surface area (Å²) in [6.45, 7) is 14.2. The Morgan fingerprint density at radius 2 is 0.852 bits per heavy atom. The van der Waals surface area contributed by atoms with Crippen LogP contribution in [-0.4, -0.2) is 289 Å². The number of hydrogen-bond donors (Lipinski definition) is 28. The molecule has 20 amide bonds. The molecule has 0 bridgehead atoms. The Morgan fingerprint density at radius 3 is 1.30 bits per heavy atom. The van der Waals surface area contributed by atoms with E-state index in [0.29, 0.717) is 18.4 Å². The zero-order valence-electron chi connectivity index (χ0n) is 77.6. The lowest BCUT2D eigenvalue weighted by Crippen LogP contribution is -2.61. The number of nitrogens with one attached hydrogen (secondary N) is 18. The number of nitrogens with zero attached hydrogens (tertiary/aromatic N) is 2. The van der Waals surface area contributed by atoms with Crippen molar-refractivity contribution in [2.45, 2.75) is 294 Å². The van der Waals surface area contributed by atoms with Gasteiger partial charge in [-0.15, -0.1) is 0 Å². The number of carbonyl (C=O) groups excluding carboxylic acids is 20. The summed E-state index contributed by atoms with van der Waals surface area (Å²) in [6.07, 6.45) is -2.56. The summed E-state index contributed by atoms with van der Waals surface area (Å²) in [5, 5.41) is 77.2. The van der Waals surface area contributed by atoms with Gasteiger partial charge in [-0.2, -0.15) is 0 Å². The molecule has 2 heterocycles. The van der Waals surface area contributed by atoms with Crippen LogP contribution in [-0.2, 0) is 114 Å². The monoisotopic (exact) mass is 1910 g/mol. The Morgan fingerprint density at radius 1 is 0.459 bits per heavy atom. The number of carboxylic acids is 1. The molecule has 51 nitrogen and oxygen atoms in total. The Labute approximate surface area is 780 Å². The molecular weight excluding hydrogens is 1770 g/mol. The minimum atomic E-state index is -1.70. The van der Waals surface area contributed by atoms with Gasteiger partial charge in [0.2, 0.25) is 118 Å². The molecule has 1 aliphatic heterocycles. The molecule has 0 unspecified atom stereocenters. The van der Waals surface area contributed by atoms with Crippen LogP contribution in [0.5, 0.6) is 5.75 Å². The summed E-state index contributed by atoms with van der Waals surface area (Å²) >= 11 is 0. The summed E-state index contributed by atoms with van der Waals surface area (Å²) in [5.41, 5.74) is 39.5. The van der Waals surface area contributed by atoms with Gasteiger partial charge < -0.3 is 150 Å². The van der Waals surface area contributed by atoms with Gasteiger partial charge in [-0.05, 0) is 153 Å². The largest absolute Gasteiger partial charge is 0.508 e. The first kappa shape index (κ1) is 115. The minimum absolute atomic E-state index is 0.0262. The number of guanidine groups is 1. The highest BCUT2D eigenvalue weighted by Crippen LogP contribution is 2.21. The van der Waals surface area contributed by atoms with E-state index in [1.54, 1.807) is 41.5 Å². The highest BCUT2D eigenvalue weighted by Gasteiger charge is 2.42. The predicted octanol–water partition coefficient (Wildman–Crippen LogP) is -9.15. The number of aliphatic hydroxyl groups excluding tert-OH is 1. The van der Waals surface area contributed by atoms with Gasteiger partial charge in [0.25, 0.3) is 0 Å². The lowest BCUT2D eigenvalue weighted by molar-refractivity contribution is -0.143. The first-order valence-corrected chi connectivity index (χ1v) is 44.5. The van der Waals surface area contributed by atoms with Crippen LogP contribution >= 0.6 is 0 Å². The average Bonchev–Trinajstić information content (AvgIpc) is 1.74. The van der Waals surface area contributed by atoms with Crippen molar-refractivity contribution in [3.8, 4) is 5.75 Å². The number of aromatic amines is 1. The number of benzene rings is 1. The van der Waals surface area contributed by atoms with Crippen molar-refractivity contribution in [1.29, 1.82) is 5.41 Å². The van der Waals surface area contributed by atoms with Crippen molar-refractivity contribution < 1.29 is 116 Å². The molecule has 0 saturated carbocycles. The van der Waals surface area contributed by atoms with Crippen LogP contribution in [0.3, 0.4) is 0 Å². The number of primary amides is 4. The van der Waals surface area contributed by atoms with Crippen LogP contribution < -0.4 is 125 Å². The van der Waals surface area contributed by atoms with Gasteiger partial charge in [0.05, 0.1) is 19.0 Å². The maximum absolute atomic E-state index is 14.6. The second-order valence-corrected chi connectivity index (χ2v) is 34.3. The molecule has 3 rings (SSSR count). The second kappa shape index (κ2) is 58.3. The summed E-state index contributed by atoms with van der Waals surface area (Å²) in [4.78, 5) is 293. The van der Waals surface area contributed by atoms with Crippen LogP contribution in [0.2, 0.25) is 0 Å². The van der Waals surface area contributed by atoms with E-state index in [2.05, 4.69) is 95.0 Å². The predicted molar refractivity (Wildman–Crippen MR) is 483 cm³/mol. The van der Waals surface area contributed by atoms with Gasteiger partial charge >= 0.3 is 5.97 Å². The summed E-state index contributed by atoms with van der Waals surface area (Å²) in [6, 6.07) is -18.4. The number of carbonyl (C=O) groups is 21. The molecule has 752 valence electrons. The van der Waals surface area contributed by atoms with Crippen molar-refractivity contribution >= 4 is 130 Å². The van der Waals surface area contributed by atoms with Gasteiger partial charge in [0.15, 0.2) is 5.96 Å².